The summed E-state index contributed by atoms with van der Waals surface area (Å²) < 4.78 is 0. The number of nitrogens with one attached hydrogen (secondary N) is 1. The maximum absolute atomic E-state index is 10.7. The fraction of sp³-hybridized carbons (Fsp3) is 0.308. The van der Waals surface area contributed by atoms with E-state index in [1.165, 1.54) is 12.8 Å². The average Bonchev–Trinajstić information content (AvgIpc) is 2.80. The molecular formula is C13H15NO2. The summed E-state index contributed by atoms with van der Waals surface area (Å²) >= 11 is 0. The van der Waals surface area contributed by atoms with Crippen LogP contribution in [-0.4, -0.2) is 23.7 Å². The van der Waals surface area contributed by atoms with Gasteiger partial charge in [-0.25, -0.2) is 4.79 Å². The van der Waals surface area contributed by atoms with Crippen molar-refractivity contribution in [2.45, 2.75) is 18.9 Å². The fourth-order valence-corrected chi connectivity index (χ4v) is 1.84. The number of carbonyl (C=O) groups is 1. The Kier molecular flexibility index (Phi) is 3.37. The highest BCUT2D eigenvalue weighted by Gasteiger charge is 2.09. The minimum absolute atomic E-state index is 0.330. The molecule has 1 heterocycles. The van der Waals surface area contributed by atoms with Crippen LogP contribution in [0.1, 0.15) is 28.8 Å². The van der Waals surface area contributed by atoms with Crippen LogP contribution in [0.5, 0.6) is 0 Å². The standard InChI is InChI=1S/C13H15NO2/c15-13(16)11-6-3-10(4-7-11)5-8-12-2-1-9-14-12/h3-8,12,14H,1-2,9H2,(H,15,16)/b8-5+. The first kappa shape index (κ1) is 10.9. The first-order valence-electron chi connectivity index (χ1n) is 5.50. The van der Waals surface area contributed by atoms with Gasteiger partial charge < -0.3 is 10.4 Å². The molecule has 3 heteroatoms. The summed E-state index contributed by atoms with van der Waals surface area (Å²) in [5.41, 5.74) is 1.37. The zero-order chi connectivity index (χ0) is 11.4. The van der Waals surface area contributed by atoms with Crippen LogP contribution in [0.25, 0.3) is 6.08 Å². The number of carboxylic acids is 1. The number of benzene rings is 1. The summed E-state index contributed by atoms with van der Waals surface area (Å²) in [5, 5.41) is 12.1. The zero-order valence-electron chi connectivity index (χ0n) is 9.02. The van der Waals surface area contributed by atoms with E-state index in [-0.39, 0.29) is 0 Å². The van der Waals surface area contributed by atoms with E-state index < -0.39 is 5.97 Å². The molecule has 1 aromatic rings. The van der Waals surface area contributed by atoms with Crippen molar-refractivity contribution in [3.63, 3.8) is 0 Å². The van der Waals surface area contributed by atoms with Gasteiger partial charge in [-0.3, -0.25) is 0 Å². The number of carboxylic acid groups (broad SMARTS) is 1. The second-order valence-electron chi connectivity index (χ2n) is 3.99. The van der Waals surface area contributed by atoms with Crippen LogP contribution in [0.15, 0.2) is 30.3 Å². The van der Waals surface area contributed by atoms with Gasteiger partial charge in [-0.15, -0.1) is 0 Å². The van der Waals surface area contributed by atoms with Gasteiger partial charge in [0, 0.05) is 6.04 Å². The topological polar surface area (TPSA) is 49.3 Å². The normalized spacial score (nSPS) is 20.4. The third kappa shape index (κ3) is 2.70. The van der Waals surface area contributed by atoms with Crippen molar-refractivity contribution < 1.29 is 9.90 Å². The predicted molar refractivity (Wildman–Crippen MR) is 63.5 cm³/mol. The summed E-state index contributed by atoms with van der Waals surface area (Å²) in [4.78, 5) is 10.7. The fourth-order valence-electron chi connectivity index (χ4n) is 1.84. The summed E-state index contributed by atoms with van der Waals surface area (Å²) in [6.07, 6.45) is 6.59. The SMILES string of the molecule is O=C(O)c1ccc(/C=C/C2CCCN2)cc1. The second-order valence-corrected chi connectivity index (χ2v) is 3.99. The Hall–Kier alpha value is -1.61. The lowest BCUT2D eigenvalue weighted by molar-refractivity contribution is 0.0697. The number of rotatable bonds is 3. The lowest BCUT2D eigenvalue weighted by atomic mass is 10.1. The predicted octanol–water partition coefficient (Wildman–Crippen LogP) is 2.15. The maximum atomic E-state index is 10.7. The lowest BCUT2D eigenvalue weighted by Gasteiger charge is -2.02. The van der Waals surface area contributed by atoms with E-state index in [1.807, 2.05) is 18.2 Å². The smallest absolute Gasteiger partial charge is 0.335 e. The van der Waals surface area contributed by atoms with Gasteiger partial charge in [0.2, 0.25) is 0 Å². The first-order chi connectivity index (χ1) is 7.75. The molecule has 3 nitrogen and oxygen atoms in total. The Bertz CT molecular complexity index is 389. The Morgan fingerprint density at radius 1 is 1.38 bits per heavy atom. The highest BCUT2D eigenvalue weighted by Crippen LogP contribution is 2.10. The monoisotopic (exact) mass is 217 g/mol. The van der Waals surface area contributed by atoms with Crippen molar-refractivity contribution >= 4 is 12.0 Å². The van der Waals surface area contributed by atoms with Crippen LogP contribution in [0.3, 0.4) is 0 Å². The van der Waals surface area contributed by atoms with Gasteiger partial charge >= 0.3 is 5.97 Å². The van der Waals surface area contributed by atoms with E-state index in [9.17, 15) is 4.79 Å². The van der Waals surface area contributed by atoms with E-state index in [0.29, 0.717) is 11.6 Å². The summed E-state index contributed by atoms with van der Waals surface area (Å²) in [6.45, 7) is 1.09. The van der Waals surface area contributed by atoms with Gasteiger partial charge in [-0.05, 0) is 37.1 Å². The Morgan fingerprint density at radius 2 is 2.12 bits per heavy atom. The van der Waals surface area contributed by atoms with Crippen LogP contribution >= 0.6 is 0 Å². The second kappa shape index (κ2) is 4.94. The van der Waals surface area contributed by atoms with Crippen molar-refractivity contribution in [2.24, 2.45) is 0 Å². The van der Waals surface area contributed by atoms with Gasteiger partial charge in [-0.2, -0.15) is 0 Å². The highest BCUT2D eigenvalue weighted by molar-refractivity contribution is 5.87. The molecule has 0 saturated carbocycles. The van der Waals surface area contributed by atoms with Crippen molar-refractivity contribution in [1.82, 2.24) is 5.32 Å². The van der Waals surface area contributed by atoms with E-state index in [0.717, 1.165) is 12.1 Å². The summed E-state index contributed by atoms with van der Waals surface area (Å²) in [6, 6.07) is 7.39. The maximum Gasteiger partial charge on any atom is 0.335 e. The van der Waals surface area contributed by atoms with Crippen LogP contribution < -0.4 is 5.32 Å². The molecule has 1 fully saturated rings. The molecule has 1 atom stereocenters. The quantitative estimate of drug-likeness (QED) is 0.815. The van der Waals surface area contributed by atoms with Crippen molar-refractivity contribution in [1.29, 1.82) is 0 Å². The Labute approximate surface area is 94.8 Å². The molecule has 1 aliphatic rings. The van der Waals surface area contributed by atoms with Crippen LogP contribution in [-0.2, 0) is 0 Å². The Morgan fingerprint density at radius 3 is 2.69 bits per heavy atom. The Balaban J connectivity index is 2.01. The van der Waals surface area contributed by atoms with Crippen molar-refractivity contribution in [3.05, 3.63) is 41.5 Å². The third-order valence-corrected chi connectivity index (χ3v) is 2.78. The largest absolute Gasteiger partial charge is 0.478 e. The van der Waals surface area contributed by atoms with Gasteiger partial charge in [-0.1, -0.05) is 24.3 Å². The lowest BCUT2D eigenvalue weighted by Crippen LogP contribution is -2.17. The highest BCUT2D eigenvalue weighted by atomic mass is 16.4. The minimum Gasteiger partial charge on any atom is -0.478 e. The van der Waals surface area contributed by atoms with E-state index in [1.54, 1.807) is 12.1 Å². The number of aromatic carboxylic acids is 1. The van der Waals surface area contributed by atoms with E-state index in [2.05, 4.69) is 11.4 Å². The summed E-state index contributed by atoms with van der Waals surface area (Å²) in [7, 11) is 0. The summed E-state index contributed by atoms with van der Waals surface area (Å²) in [5.74, 6) is -0.881. The molecule has 16 heavy (non-hydrogen) atoms. The molecule has 2 N–H and O–H groups in total. The van der Waals surface area contributed by atoms with Gasteiger partial charge in [0.05, 0.1) is 5.56 Å². The van der Waals surface area contributed by atoms with Crippen LogP contribution in [0.4, 0.5) is 0 Å². The van der Waals surface area contributed by atoms with Gasteiger partial charge in [0.1, 0.15) is 0 Å². The minimum atomic E-state index is -0.881. The molecule has 0 bridgehead atoms. The third-order valence-electron chi connectivity index (χ3n) is 2.78. The number of hydrogen-bond donors (Lipinski definition) is 2. The first-order valence-corrected chi connectivity index (χ1v) is 5.50. The molecule has 2 rings (SSSR count). The molecule has 0 radical (unpaired) electrons. The molecule has 0 aliphatic carbocycles. The molecule has 0 aromatic heterocycles. The van der Waals surface area contributed by atoms with Crippen molar-refractivity contribution in [3.8, 4) is 0 Å². The zero-order valence-corrected chi connectivity index (χ0v) is 9.02. The molecule has 1 aliphatic heterocycles. The van der Waals surface area contributed by atoms with E-state index >= 15 is 0 Å². The van der Waals surface area contributed by atoms with E-state index in [4.69, 9.17) is 5.11 Å². The molecular weight excluding hydrogens is 202 g/mol. The molecule has 0 amide bonds. The molecule has 0 spiro atoms. The van der Waals surface area contributed by atoms with Gasteiger partial charge in [0.25, 0.3) is 0 Å². The number of hydrogen-bond acceptors (Lipinski definition) is 2. The average molecular weight is 217 g/mol. The molecule has 1 aromatic carbocycles. The van der Waals surface area contributed by atoms with Crippen LogP contribution in [0.2, 0.25) is 0 Å². The van der Waals surface area contributed by atoms with Gasteiger partial charge in [0.15, 0.2) is 0 Å². The molecule has 1 unspecified atom stereocenters. The molecule has 1 saturated heterocycles. The molecule has 84 valence electrons. The van der Waals surface area contributed by atoms with Crippen molar-refractivity contribution in [2.75, 3.05) is 6.54 Å². The van der Waals surface area contributed by atoms with Crippen LogP contribution in [0, 0.1) is 0 Å².